The fourth-order valence-corrected chi connectivity index (χ4v) is 12.1. The van der Waals surface area contributed by atoms with Crippen LogP contribution >= 0.6 is 23.4 Å². The normalized spacial score (nSPS) is 20.7. The zero-order valence-electron chi connectivity index (χ0n) is 39.0. The molecule has 68 heavy (non-hydrogen) atoms. The van der Waals surface area contributed by atoms with Crippen molar-refractivity contribution >= 4 is 61.9 Å². The maximum Gasteiger partial charge on any atom is 0.293 e. The number of nitro benzene ring substituents is 1. The topological polar surface area (TPSA) is 153 Å². The fraction of sp³-hybridized carbons (Fsp3) is 0.471. The van der Waals surface area contributed by atoms with E-state index in [1.54, 1.807) is 23.9 Å². The predicted octanol–water partition coefficient (Wildman–Crippen LogP) is 7.72. The molecule has 2 atom stereocenters. The second kappa shape index (κ2) is 23.4. The van der Waals surface area contributed by atoms with Gasteiger partial charge in [-0.25, -0.2) is 13.1 Å². The highest BCUT2D eigenvalue weighted by Crippen LogP contribution is 2.44. The number of carbonyl (C=O) groups excluding carboxylic acids is 1. The summed E-state index contributed by atoms with van der Waals surface area (Å²) in [5, 5.41) is 20.0. The van der Waals surface area contributed by atoms with E-state index in [1.165, 1.54) is 28.8 Å². The lowest BCUT2D eigenvalue weighted by molar-refractivity contribution is -0.384. The Labute approximate surface area is 411 Å². The summed E-state index contributed by atoms with van der Waals surface area (Å²) in [5.41, 5.74) is 5.40. The zero-order chi connectivity index (χ0) is 47.5. The van der Waals surface area contributed by atoms with E-state index >= 15 is 0 Å². The zero-order valence-corrected chi connectivity index (χ0v) is 41.4. The van der Waals surface area contributed by atoms with Crippen molar-refractivity contribution in [3.63, 3.8) is 0 Å². The van der Waals surface area contributed by atoms with E-state index in [0.29, 0.717) is 18.8 Å². The molecule has 4 aromatic rings. The van der Waals surface area contributed by atoms with Gasteiger partial charge in [-0.15, -0.1) is 11.8 Å². The lowest BCUT2D eigenvalue weighted by Gasteiger charge is -2.43. The van der Waals surface area contributed by atoms with Crippen LogP contribution < -0.4 is 20.3 Å². The summed E-state index contributed by atoms with van der Waals surface area (Å²) >= 11 is 7.95. The number of carbonyl (C=O) groups is 1. The van der Waals surface area contributed by atoms with Crippen molar-refractivity contribution in [2.24, 2.45) is 5.41 Å². The Morgan fingerprint density at radius 1 is 0.897 bits per heavy atom. The molecule has 1 unspecified atom stereocenters. The lowest BCUT2D eigenvalue weighted by atomic mass is 9.71. The van der Waals surface area contributed by atoms with Crippen LogP contribution in [-0.2, 0) is 14.8 Å². The number of anilines is 2. The quantitative estimate of drug-likeness (QED) is 0.0508. The average molecular weight is 986 g/mol. The van der Waals surface area contributed by atoms with Crippen LogP contribution in [0.4, 0.5) is 17.1 Å². The van der Waals surface area contributed by atoms with E-state index in [4.69, 9.17) is 16.3 Å². The Bertz CT molecular complexity index is 2460. The molecule has 8 rings (SSSR count). The highest BCUT2D eigenvalue weighted by Gasteiger charge is 2.35. The first-order valence-corrected chi connectivity index (χ1v) is 26.8. The van der Waals surface area contributed by atoms with Gasteiger partial charge >= 0.3 is 0 Å². The van der Waals surface area contributed by atoms with Crippen molar-refractivity contribution < 1.29 is 22.9 Å². The van der Waals surface area contributed by atoms with E-state index in [9.17, 15) is 23.3 Å². The number of halogens is 1. The van der Waals surface area contributed by atoms with Crippen LogP contribution in [0.2, 0.25) is 5.02 Å². The lowest BCUT2D eigenvalue weighted by Crippen LogP contribution is -2.49. The first-order valence-electron chi connectivity index (χ1n) is 24.0. The number of amides is 1. The molecular weight excluding hydrogens is 920 g/mol. The van der Waals surface area contributed by atoms with Gasteiger partial charge < -0.3 is 30.1 Å². The third-order valence-electron chi connectivity index (χ3n) is 13.7. The van der Waals surface area contributed by atoms with Crippen molar-refractivity contribution in [3.8, 4) is 0 Å². The SMILES string of the molecule is C[C@@]1(CN2CCNCC2)CCC(c2ccc(Cl)cc2)=C(CN2CCN(c3ccc(C(=O)NS(=O)(=O)c4ccc(NC(CCN5CCCOCC5)CSc5ccccc5)c([N+](=O)[O-])c4)cc3)CC2)C1. The van der Waals surface area contributed by atoms with Crippen LogP contribution in [0.1, 0.15) is 54.9 Å². The molecule has 4 aliphatic rings. The molecule has 3 heterocycles. The summed E-state index contributed by atoms with van der Waals surface area (Å²) in [5.74, 6) is -0.178. The Morgan fingerprint density at radius 3 is 2.38 bits per heavy atom. The number of rotatable bonds is 18. The van der Waals surface area contributed by atoms with Crippen molar-refractivity contribution in [2.45, 2.75) is 54.9 Å². The minimum atomic E-state index is -4.46. The van der Waals surface area contributed by atoms with Gasteiger partial charge in [-0.1, -0.05) is 54.4 Å². The molecule has 17 heteroatoms. The van der Waals surface area contributed by atoms with Crippen LogP contribution in [0.15, 0.2) is 112 Å². The third kappa shape index (κ3) is 13.6. The standard InChI is InChI=1S/C51H65ClN8O6S2/c1-51(38-58-25-21-53-22-26-58)20-18-47(39-8-12-42(52)13-9-39)41(35-51)36-57-27-29-59(30-28-57)44-14-10-40(11-15-44)50(61)55-68(64,65)46-16-17-48(49(34-46)60(62)63)54-43(37-67-45-6-3-2-4-7-45)19-24-56-23-5-32-66-33-31-56/h2-4,6-17,34,43,53-54H,5,18-33,35-38H2,1H3,(H,55,61)/t43?,51-/m1/s1. The van der Waals surface area contributed by atoms with Crippen molar-refractivity contribution in [3.05, 3.63) is 129 Å². The summed E-state index contributed by atoms with van der Waals surface area (Å²) in [6, 6.07) is 28.8. The van der Waals surface area contributed by atoms with E-state index in [0.717, 1.165) is 139 Å². The number of thioether (sulfide) groups is 1. The molecule has 0 saturated carbocycles. The molecule has 0 bridgehead atoms. The van der Waals surface area contributed by atoms with E-state index < -0.39 is 20.9 Å². The largest absolute Gasteiger partial charge is 0.380 e. The summed E-state index contributed by atoms with van der Waals surface area (Å²) in [6.07, 6.45) is 4.94. The van der Waals surface area contributed by atoms with Crippen LogP contribution in [-0.4, -0.2) is 144 Å². The molecule has 1 aliphatic carbocycles. The number of nitrogens with one attached hydrogen (secondary N) is 3. The first-order chi connectivity index (χ1) is 32.9. The predicted molar refractivity (Wildman–Crippen MR) is 274 cm³/mol. The summed E-state index contributed by atoms with van der Waals surface area (Å²) in [6.45, 7) is 16.1. The third-order valence-corrected chi connectivity index (χ3v) is 16.5. The van der Waals surface area contributed by atoms with E-state index in [2.05, 4.69) is 54.0 Å². The number of hydrogen-bond acceptors (Lipinski definition) is 13. The maximum atomic E-state index is 13.6. The average Bonchev–Trinajstić information content (AvgIpc) is 3.63. The van der Waals surface area contributed by atoms with Crippen LogP contribution in [0.3, 0.4) is 0 Å². The van der Waals surface area contributed by atoms with Crippen LogP contribution in [0.5, 0.6) is 0 Å². The molecule has 14 nitrogen and oxygen atoms in total. The van der Waals surface area contributed by atoms with Crippen LogP contribution in [0, 0.1) is 15.5 Å². The Hall–Kier alpha value is -4.52. The summed E-state index contributed by atoms with van der Waals surface area (Å²) in [7, 11) is -4.46. The van der Waals surface area contributed by atoms with E-state index in [-0.39, 0.29) is 33.3 Å². The molecule has 3 aliphatic heterocycles. The Morgan fingerprint density at radius 2 is 1.65 bits per heavy atom. The number of allylic oxidation sites excluding steroid dienone is 1. The Kier molecular flexibility index (Phi) is 17.2. The van der Waals surface area contributed by atoms with Gasteiger partial charge in [-0.2, -0.15) is 0 Å². The smallest absolute Gasteiger partial charge is 0.293 e. The van der Waals surface area contributed by atoms with Crippen molar-refractivity contribution in [2.75, 3.05) is 114 Å². The van der Waals surface area contributed by atoms with Gasteiger partial charge in [0.25, 0.3) is 21.6 Å². The number of hydrogen-bond donors (Lipinski definition) is 3. The summed E-state index contributed by atoms with van der Waals surface area (Å²) in [4.78, 5) is 35.8. The van der Waals surface area contributed by atoms with Gasteiger partial charge in [0.05, 0.1) is 16.4 Å². The molecule has 0 radical (unpaired) electrons. The van der Waals surface area contributed by atoms with Crippen molar-refractivity contribution in [1.29, 1.82) is 0 Å². The molecule has 3 saturated heterocycles. The van der Waals surface area contributed by atoms with Crippen LogP contribution in [0.25, 0.3) is 5.57 Å². The molecule has 0 spiro atoms. The fourth-order valence-electron chi connectivity index (χ4n) is 9.95. The second-order valence-electron chi connectivity index (χ2n) is 18.8. The highest BCUT2D eigenvalue weighted by atomic mass is 35.5. The number of nitro groups is 1. The van der Waals surface area contributed by atoms with Gasteiger partial charge in [-0.3, -0.25) is 19.8 Å². The second-order valence-corrected chi connectivity index (χ2v) is 22.1. The monoisotopic (exact) mass is 984 g/mol. The molecule has 3 N–H and O–H groups in total. The maximum absolute atomic E-state index is 13.6. The molecule has 364 valence electrons. The van der Waals surface area contributed by atoms with E-state index in [1.807, 2.05) is 54.6 Å². The van der Waals surface area contributed by atoms with Gasteiger partial charge in [0.15, 0.2) is 0 Å². The highest BCUT2D eigenvalue weighted by molar-refractivity contribution is 7.99. The molecule has 1 amide bonds. The Balaban J connectivity index is 0.879. The van der Waals surface area contributed by atoms with Gasteiger partial charge in [0.2, 0.25) is 0 Å². The molecule has 4 aromatic carbocycles. The van der Waals surface area contributed by atoms with Gasteiger partial charge in [-0.05, 0) is 109 Å². The minimum Gasteiger partial charge on any atom is -0.380 e. The first kappa shape index (κ1) is 49.9. The summed E-state index contributed by atoms with van der Waals surface area (Å²) < 4.78 is 35.0. The molecule has 0 aromatic heterocycles. The molecule has 3 fully saturated rings. The minimum absolute atomic E-state index is 0.158. The number of piperazine rings is 2. The number of benzene rings is 4. The van der Waals surface area contributed by atoms with Gasteiger partial charge in [0.1, 0.15) is 5.69 Å². The number of sulfonamides is 1. The molecular formula is C51H65ClN8O6S2. The number of ether oxygens (including phenoxy) is 1. The number of nitrogens with zero attached hydrogens (tertiary/aromatic N) is 5. The van der Waals surface area contributed by atoms with Crippen molar-refractivity contribution in [1.82, 2.24) is 24.7 Å². The van der Waals surface area contributed by atoms with Gasteiger partial charge in [0, 0.05) is 131 Å².